The van der Waals surface area contributed by atoms with Gasteiger partial charge in [-0.15, -0.1) is 0 Å². The molecule has 0 rings (SSSR count). The highest BCUT2D eigenvalue weighted by molar-refractivity contribution is 6.30. The van der Waals surface area contributed by atoms with Crippen molar-refractivity contribution in [2.45, 2.75) is 18.8 Å². The van der Waals surface area contributed by atoms with Gasteiger partial charge in [0, 0.05) is 21.3 Å². The Balaban J connectivity index is 3.87. The van der Waals surface area contributed by atoms with E-state index in [-0.39, 0.29) is 0 Å². The minimum Gasteiger partial charge on any atom is -0.421 e. The summed E-state index contributed by atoms with van der Waals surface area (Å²) in [7, 11) is 4.28. The van der Waals surface area contributed by atoms with E-state index in [2.05, 4.69) is 0 Å². The molecule has 0 aliphatic carbocycles. The molecule has 4 heteroatoms. The second-order valence-corrected chi connectivity index (χ2v) is 4.05. The van der Waals surface area contributed by atoms with Crippen LogP contribution in [0.1, 0.15) is 13.3 Å². The standard InChI is InChI=1S/C6H16O3Si/c1-5-6(7-2,8-3)10-9-4/h5,10H2,1-4H3. The normalized spacial score (nSPS) is 13.2. The fraction of sp³-hybridized carbons (Fsp3) is 1.00. The predicted octanol–water partition coefficient (Wildman–Crippen LogP) is 0.0732. The molecule has 0 aliphatic rings. The van der Waals surface area contributed by atoms with Crippen LogP contribution in [0.2, 0.25) is 0 Å². The van der Waals surface area contributed by atoms with Crippen LogP contribution in [-0.4, -0.2) is 36.5 Å². The molecule has 0 amide bonds. The predicted molar refractivity (Wildman–Crippen MR) is 42.6 cm³/mol. The largest absolute Gasteiger partial charge is 0.421 e. The second kappa shape index (κ2) is 4.84. The number of ether oxygens (including phenoxy) is 2. The molecule has 0 aliphatic heterocycles. The molecule has 0 fully saturated rings. The highest BCUT2D eigenvalue weighted by atomic mass is 28.2. The summed E-state index contributed by atoms with van der Waals surface area (Å²) in [6.07, 6.45) is 0.847. The van der Waals surface area contributed by atoms with Gasteiger partial charge < -0.3 is 13.9 Å². The van der Waals surface area contributed by atoms with Gasteiger partial charge in [0.25, 0.3) is 0 Å². The fourth-order valence-corrected chi connectivity index (χ4v) is 1.69. The first-order valence-corrected chi connectivity index (χ1v) is 4.62. The first-order chi connectivity index (χ1) is 4.74. The van der Waals surface area contributed by atoms with Crippen LogP contribution in [0.4, 0.5) is 0 Å². The highest BCUT2D eigenvalue weighted by Crippen LogP contribution is 2.13. The zero-order valence-electron chi connectivity index (χ0n) is 7.14. The Hall–Kier alpha value is 0.0969. The lowest BCUT2D eigenvalue weighted by atomic mass is 10.5. The van der Waals surface area contributed by atoms with Gasteiger partial charge >= 0.3 is 0 Å². The van der Waals surface area contributed by atoms with E-state index in [1.54, 1.807) is 21.3 Å². The molecule has 0 saturated carbocycles. The second-order valence-electron chi connectivity index (χ2n) is 2.11. The van der Waals surface area contributed by atoms with Gasteiger partial charge in [0.15, 0.2) is 5.41 Å². The van der Waals surface area contributed by atoms with E-state index in [0.717, 1.165) is 6.42 Å². The number of hydrogen-bond donors (Lipinski definition) is 0. The molecule has 62 valence electrons. The summed E-state index contributed by atoms with van der Waals surface area (Å²) in [5, 5.41) is 0. The van der Waals surface area contributed by atoms with Crippen LogP contribution in [0, 0.1) is 0 Å². The van der Waals surface area contributed by atoms with Crippen LogP contribution in [0.25, 0.3) is 0 Å². The molecular formula is C6H16O3Si. The minimum atomic E-state index is -0.716. The van der Waals surface area contributed by atoms with Gasteiger partial charge in [-0.3, -0.25) is 0 Å². The van der Waals surface area contributed by atoms with Crippen molar-refractivity contribution in [3.8, 4) is 0 Å². The van der Waals surface area contributed by atoms with Crippen LogP contribution in [0.3, 0.4) is 0 Å². The van der Waals surface area contributed by atoms with Gasteiger partial charge in [-0.05, 0) is 6.42 Å². The molecule has 0 saturated heterocycles. The summed E-state index contributed by atoms with van der Waals surface area (Å²) in [6, 6.07) is 0. The zero-order valence-corrected chi connectivity index (χ0v) is 8.55. The van der Waals surface area contributed by atoms with Gasteiger partial charge in [-0.2, -0.15) is 0 Å². The quantitative estimate of drug-likeness (QED) is 0.425. The average molecular weight is 164 g/mol. The molecule has 0 spiro atoms. The topological polar surface area (TPSA) is 27.7 Å². The molecule has 0 radical (unpaired) electrons. The van der Waals surface area contributed by atoms with Crippen molar-refractivity contribution in [1.29, 1.82) is 0 Å². The lowest BCUT2D eigenvalue weighted by Crippen LogP contribution is -2.40. The van der Waals surface area contributed by atoms with Gasteiger partial charge in [-0.25, -0.2) is 0 Å². The molecule has 0 aromatic heterocycles. The van der Waals surface area contributed by atoms with Crippen LogP contribution in [0.15, 0.2) is 0 Å². The smallest absolute Gasteiger partial charge is 0.227 e. The molecule has 0 heterocycles. The zero-order chi connectivity index (χ0) is 8.04. The molecule has 0 unspecified atom stereocenters. The monoisotopic (exact) mass is 164 g/mol. The van der Waals surface area contributed by atoms with E-state index in [9.17, 15) is 0 Å². The lowest BCUT2D eigenvalue weighted by molar-refractivity contribution is -0.152. The average Bonchev–Trinajstić information content (AvgIpc) is 2.01. The van der Waals surface area contributed by atoms with Crippen LogP contribution < -0.4 is 0 Å². The van der Waals surface area contributed by atoms with Gasteiger partial charge in [-0.1, -0.05) is 6.92 Å². The highest BCUT2D eigenvalue weighted by Gasteiger charge is 2.27. The molecule has 3 nitrogen and oxygen atoms in total. The SMILES string of the molecule is CCC(OC)(OC)[SiH2]OC. The molecule has 0 N–H and O–H groups in total. The van der Waals surface area contributed by atoms with Crippen molar-refractivity contribution < 1.29 is 13.9 Å². The number of hydrogen-bond acceptors (Lipinski definition) is 3. The first-order valence-electron chi connectivity index (χ1n) is 3.34. The van der Waals surface area contributed by atoms with Crippen molar-refractivity contribution in [2.24, 2.45) is 0 Å². The summed E-state index contributed by atoms with van der Waals surface area (Å²) < 4.78 is 15.5. The van der Waals surface area contributed by atoms with Crippen LogP contribution in [-0.2, 0) is 13.9 Å². The van der Waals surface area contributed by atoms with Crippen molar-refractivity contribution >= 4 is 9.76 Å². The van der Waals surface area contributed by atoms with E-state index >= 15 is 0 Å². The Morgan fingerprint density at radius 3 is 1.80 bits per heavy atom. The number of rotatable bonds is 5. The first kappa shape index (κ1) is 10.1. The maximum Gasteiger partial charge on any atom is 0.227 e. The Labute approximate surface area is 64.6 Å². The summed E-state index contributed by atoms with van der Waals surface area (Å²) >= 11 is 0. The van der Waals surface area contributed by atoms with Crippen molar-refractivity contribution in [1.82, 2.24) is 0 Å². The third-order valence-electron chi connectivity index (χ3n) is 1.65. The minimum absolute atomic E-state index is 0.408. The molecule has 0 aromatic carbocycles. The molecule has 0 aromatic rings. The Morgan fingerprint density at radius 1 is 1.20 bits per heavy atom. The van der Waals surface area contributed by atoms with E-state index < -0.39 is 15.2 Å². The maximum atomic E-state index is 5.19. The van der Waals surface area contributed by atoms with Gasteiger partial charge in [0.2, 0.25) is 9.76 Å². The van der Waals surface area contributed by atoms with Gasteiger partial charge in [0.1, 0.15) is 0 Å². The Morgan fingerprint density at radius 2 is 1.70 bits per heavy atom. The summed E-state index contributed by atoms with van der Waals surface area (Å²) in [5.74, 6) is 0. The van der Waals surface area contributed by atoms with Crippen molar-refractivity contribution in [3.63, 3.8) is 0 Å². The van der Waals surface area contributed by atoms with Gasteiger partial charge in [0.05, 0.1) is 0 Å². The maximum absolute atomic E-state index is 5.19. The van der Waals surface area contributed by atoms with E-state index in [0.29, 0.717) is 0 Å². The summed E-state index contributed by atoms with van der Waals surface area (Å²) in [5.41, 5.74) is -0.408. The van der Waals surface area contributed by atoms with E-state index in [1.807, 2.05) is 6.92 Å². The van der Waals surface area contributed by atoms with E-state index in [1.165, 1.54) is 0 Å². The summed E-state index contributed by atoms with van der Waals surface area (Å²) in [6.45, 7) is 2.03. The van der Waals surface area contributed by atoms with Crippen molar-refractivity contribution in [2.75, 3.05) is 21.3 Å². The molecule has 10 heavy (non-hydrogen) atoms. The lowest BCUT2D eigenvalue weighted by Gasteiger charge is -2.27. The Bertz CT molecular complexity index is 74.8. The van der Waals surface area contributed by atoms with Crippen molar-refractivity contribution in [3.05, 3.63) is 0 Å². The molecule has 0 bridgehead atoms. The third kappa shape index (κ3) is 2.38. The molecular weight excluding hydrogens is 148 g/mol. The number of methoxy groups -OCH3 is 2. The summed E-state index contributed by atoms with van der Waals surface area (Å²) in [4.78, 5) is 0. The van der Waals surface area contributed by atoms with E-state index in [4.69, 9.17) is 13.9 Å². The van der Waals surface area contributed by atoms with Crippen LogP contribution in [0.5, 0.6) is 0 Å². The Kier molecular flexibility index (Phi) is 4.89. The van der Waals surface area contributed by atoms with Crippen LogP contribution >= 0.6 is 0 Å². The fourth-order valence-electron chi connectivity index (χ4n) is 0.812. The molecule has 0 atom stereocenters. The third-order valence-corrected chi connectivity index (χ3v) is 3.45.